The molecule has 3 rings (SSSR count). The van der Waals surface area contributed by atoms with Gasteiger partial charge in [0.25, 0.3) is 0 Å². The second kappa shape index (κ2) is 8.08. The van der Waals surface area contributed by atoms with Crippen molar-refractivity contribution in [2.45, 2.75) is 18.9 Å². The van der Waals surface area contributed by atoms with E-state index in [2.05, 4.69) is 10.3 Å². The van der Waals surface area contributed by atoms with E-state index in [4.69, 9.17) is 9.47 Å². The maximum absolute atomic E-state index is 12.0. The Labute approximate surface area is 136 Å². The van der Waals surface area contributed by atoms with Crippen molar-refractivity contribution >= 4 is 12.0 Å². The largest absolute Gasteiger partial charge is 0.474 e. The number of nitrogens with zero attached hydrogens (tertiary/aromatic N) is 2. The number of piperidine rings is 1. The summed E-state index contributed by atoms with van der Waals surface area (Å²) in [4.78, 5) is 18.2. The topological polar surface area (TPSA) is 63.7 Å². The highest BCUT2D eigenvalue weighted by molar-refractivity contribution is 5.91. The number of carbonyl (C=O) groups is 1. The van der Waals surface area contributed by atoms with Crippen molar-refractivity contribution in [3.63, 3.8) is 0 Å². The molecule has 1 aromatic heterocycles. The van der Waals surface area contributed by atoms with Gasteiger partial charge in [0.15, 0.2) is 0 Å². The molecule has 1 N–H and O–H groups in total. The van der Waals surface area contributed by atoms with Gasteiger partial charge in [-0.1, -0.05) is 0 Å². The average molecular weight is 317 g/mol. The van der Waals surface area contributed by atoms with Crippen LogP contribution in [0.1, 0.15) is 18.4 Å². The van der Waals surface area contributed by atoms with Crippen LogP contribution >= 0.6 is 0 Å². The van der Waals surface area contributed by atoms with Crippen molar-refractivity contribution in [2.75, 3.05) is 39.4 Å². The third-order valence-electron chi connectivity index (χ3n) is 4.07. The molecule has 124 valence electrons. The minimum absolute atomic E-state index is 0.0170. The maximum atomic E-state index is 12.0. The summed E-state index contributed by atoms with van der Waals surface area (Å²) in [5.74, 6) is 0.664. The van der Waals surface area contributed by atoms with Gasteiger partial charge in [0.05, 0.1) is 13.2 Å². The molecular weight excluding hydrogens is 294 g/mol. The summed E-state index contributed by atoms with van der Waals surface area (Å²) >= 11 is 0. The lowest BCUT2D eigenvalue weighted by atomic mass is 10.1. The molecule has 3 heterocycles. The minimum atomic E-state index is 0.0170. The van der Waals surface area contributed by atoms with Crippen molar-refractivity contribution < 1.29 is 14.3 Å². The van der Waals surface area contributed by atoms with Crippen LogP contribution in [-0.2, 0) is 9.53 Å². The Morgan fingerprint density at radius 1 is 1.30 bits per heavy atom. The van der Waals surface area contributed by atoms with E-state index in [9.17, 15) is 4.79 Å². The highest BCUT2D eigenvalue weighted by Crippen LogP contribution is 2.15. The standard InChI is InChI=1S/C17H23N3O3/c21-17(20-9-11-22-12-10-20)4-2-14-1-3-16(19-13-14)23-15-5-7-18-8-6-15/h1-4,13,15,18H,5-12H2. The molecule has 1 amide bonds. The minimum Gasteiger partial charge on any atom is -0.474 e. The molecule has 0 spiro atoms. The Kier molecular flexibility index (Phi) is 5.60. The Morgan fingerprint density at radius 2 is 2.09 bits per heavy atom. The number of morpholine rings is 1. The first-order valence-corrected chi connectivity index (χ1v) is 8.19. The number of amides is 1. The van der Waals surface area contributed by atoms with Gasteiger partial charge >= 0.3 is 0 Å². The second-order valence-corrected chi connectivity index (χ2v) is 5.77. The Morgan fingerprint density at radius 3 is 2.78 bits per heavy atom. The highest BCUT2D eigenvalue weighted by Gasteiger charge is 2.15. The first kappa shape index (κ1) is 16.0. The van der Waals surface area contributed by atoms with Gasteiger partial charge in [-0.2, -0.15) is 0 Å². The van der Waals surface area contributed by atoms with Crippen LogP contribution < -0.4 is 10.1 Å². The monoisotopic (exact) mass is 317 g/mol. The third-order valence-corrected chi connectivity index (χ3v) is 4.07. The molecule has 0 bridgehead atoms. The molecule has 0 radical (unpaired) electrons. The SMILES string of the molecule is O=C(C=Cc1ccc(OC2CCNCC2)nc1)N1CCOCC1. The Balaban J connectivity index is 1.52. The van der Waals surface area contributed by atoms with E-state index in [-0.39, 0.29) is 12.0 Å². The Bertz CT molecular complexity index is 533. The molecule has 6 heteroatoms. The molecule has 2 aliphatic heterocycles. The van der Waals surface area contributed by atoms with E-state index >= 15 is 0 Å². The first-order valence-electron chi connectivity index (χ1n) is 8.19. The predicted octanol–water partition coefficient (Wildman–Crippen LogP) is 1.08. The summed E-state index contributed by atoms with van der Waals surface area (Å²) in [6.07, 6.45) is 7.39. The van der Waals surface area contributed by atoms with Gasteiger partial charge < -0.3 is 19.7 Å². The van der Waals surface area contributed by atoms with E-state index in [1.54, 1.807) is 23.2 Å². The quantitative estimate of drug-likeness (QED) is 0.842. The van der Waals surface area contributed by atoms with Crippen LogP contribution in [0.4, 0.5) is 0 Å². The normalized spacial score (nSPS) is 19.9. The van der Waals surface area contributed by atoms with Crippen molar-refractivity contribution in [2.24, 2.45) is 0 Å². The highest BCUT2D eigenvalue weighted by atomic mass is 16.5. The van der Waals surface area contributed by atoms with Crippen molar-refractivity contribution in [1.29, 1.82) is 0 Å². The Hall–Kier alpha value is -1.92. The van der Waals surface area contributed by atoms with Crippen LogP contribution in [0.5, 0.6) is 5.88 Å². The van der Waals surface area contributed by atoms with Gasteiger partial charge in [0.2, 0.25) is 11.8 Å². The third kappa shape index (κ3) is 4.77. The number of pyridine rings is 1. The fourth-order valence-corrected chi connectivity index (χ4v) is 2.70. The summed E-state index contributed by atoms with van der Waals surface area (Å²) in [6.45, 7) is 4.53. The first-order chi connectivity index (χ1) is 11.3. The molecule has 6 nitrogen and oxygen atoms in total. The molecule has 1 aromatic rings. The van der Waals surface area contributed by atoms with Gasteiger partial charge in [-0.15, -0.1) is 0 Å². The molecule has 2 aliphatic rings. The summed E-state index contributed by atoms with van der Waals surface area (Å²) < 4.78 is 11.1. The average Bonchev–Trinajstić information content (AvgIpc) is 2.62. The van der Waals surface area contributed by atoms with E-state index in [0.29, 0.717) is 32.2 Å². The summed E-state index contributed by atoms with van der Waals surface area (Å²) in [5, 5.41) is 3.31. The molecule has 0 unspecified atom stereocenters. The van der Waals surface area contributed by atoms with Crippen LogP contribution in [0.2, 0.25) is 0 Å². The van der Waals surface area contributed by atoms with Crippen molar-refractivity contribution in [3.8, 4) is 5.88 Å². The molecule has 0 atom stereocenters. The fraction of sp³-hybridized carbons (Fsp3) is 0.529. The van der Waals surface area contributed by atoms with E-state index < -0.39 is 0 Å². The zero-order chi connectivity index (χ0) is 15.9. The molecule has 23 heavy (non-hydrogen) atoms. The lowest BCUT2D eigenvalue weighted by molar-refractivity contribution is -0.129. The number of carbonyl (C=O) groups excluding carboxylic acids is 1. The number of nitrogens with one attached hydrogen (secondary N) is 1. The van der Waals surface area contributed by atoms with Crippen LogP contribution in [0.3, 0.4) is 0 Å². The summed E-state index contributed by atoms with van der Waals surface area (Å²) in [5.41, 5.74) is 0.893. The molecule has 2 fully saturated rings. The van der Waals surface area contributed by atoms with Crippen molar-refractivity contribution in [3.05, 3.63) is 30.0 Å². The van der Waals surface area contributed by atoms with Crippen LogP contribution in [0.25, 0.3) is 6.08 Å². The number of rotatable bonds is 4. The molecular formula is C17H23N3O3. The zero-order valence-electron chi connectivity index (χ0n) is 13.2. The van der Waals surface area contributed by atoms with Crippen LogP contribution in [0, 0.1) is 0 Å². The smallest absolute Gasteiger partial charge is 0.246 e. The van der Waals surface area contributed by atoms with Crippen LogP contribution in [0.15, 0.2) is 24.4 Å². The summed E-state index contributed by atoms with van der Waals surface area (Å²) in [6, 6.07) is 3.79. The molecule has 2 saturated heterocycles. The summed E-state index contributed by atoms with van der Waals surface area (Å²) in [7, 11) is 0. The van der Waals surface area contributed by atoms with Gasteiger partial charge in [-0.3, -0.25) is 4.79 Å². The fourth-order valence-electron chi connectivity index (χ4n) is 2.70. The van der Waals surface area contributed by atoms with Crippen LogP contribution in [-0.4, -0.2) is 61.3 Å². The van der Waals surface area contributed by atoms with E-state index in [1.807, 2.05) is 12.1 Å². The van der Waals surface area contributed by atoms with Gasteiger partial charge in [-0.05, 0) is 43.6 Å². The van der Waals surface area contributed by atoms with Gasteiger partial charge in [0.1, 0.15) is 6.10 Å². The molecule has 0 aliphatic carbocycles. The number of hydrogen-bond acceptors (Lipinski definition) is 5. The lowest BCUT2D eigenvalue weighted by Gasteiger charge is -2.25. The lowest BCUT2D eigenvalue weighted by Crippen LogP contribution is -2.39. The van der Waals surface area contributed by atoms with E-state index in [1.165, 1.54) is 0 Å². The second-order valence-electron chi connectivity index (χ2n) is 5.77. The molecule has 0 saturated carbocycles. The van der Waals surface area contributed by atoms with Gasteiger partial charge in [-0.25, -0.2) is 4.98 Å². The zero-order valence-corrected chi connectivity index (χ0v) is 13.2. The predicted molar refractivity (Wildman–Crippen MR) is 87.2 cm³/mol. The van der Waals surface area contributed by atoms with Gasteiger partial charge in [0, 0.05) is 31.4 Å². The van der Waals surface area contributed by atoms with E-state index in [0.717, 1.165) is 31.5 Å². The maximum Gasteiger partial charge on any atom is 0.246 e. The molecule has 0 aromatic carbocycles. The van der Waals surface area contributed by atoms with Crippen molar-refractivity contribution in [1.82, 2.24) is 15.2 Å². The number of aromatic nitrogens is 1. The number of ether oxygens (including phenoxy) is 2. The number of hydrogen-bond donors (Lipinski definition) is 1.